The van der Waals surface area contributed by atoms with Crippen LogP contribution in [0.15, 0.2) is 0 Å². The van der Waals surface area contributed by atoms with Crippen molar-refractivity contribution in [2.24, 2.45) is 0 Å². The Morgan fingerprint density at radius 1 is 0.517 bits per heavy atom. The van der Waals surface area contributed by atoms with Gasteiger partial charge >= 0.3 is 0 Å². The van der Waals surface area contributed by atoms with Crippen LogP contribution in [0.3, 0.4) is 0 Å². The molecule has 0 bridgehead atoms. The van der Waals surface area contributed by atoms with E-state index in [0.29, 0.717) is 0 Å². The third-order valence-corrected chi connectivity index (χ3v) is 14.3. The molecular formula is C32H38I6N6O14. The van der Waals surface area contributed by atoms with Gasteiger partial charge in [-0.3, -0.25) is 28.8 Å². The maximum absolute atomic E-state index is 14.0. The summed E-state index contributed by atoms with van der Waals surface area (Å²) in [5.41, 5.74) is -0.269. The van der Waals surface area contributed by atoms with Crippen LogP contribution >= 0.6 is 136 Å². The van der Waals surface area contributed by atoms with Crippen LogP contribution in [-0.4, -0.2) is 177 Å². The zero-order valence-electron chi connectivity index (χ0n) is 30.2. The average Bonchev–Trinajstić information content (AvgIpc) is 3.18. The van der Waals surface area contributed by atoms with Gasteiger partial charge in [0.25, 0.3) is 23.6 Å². The molecule has 322 valence electrons. The lowest BCUT2D eigenvalue weighted by Crippen LogP contribution is -2.46. The zero-order chi connectivity index (χ0) is 44.3. The van der Waals surface area contributed by atoms with Crippen LogP contribution in [0.2, 0.25) is 0 Å². The molecule has 2 aromatic carbocycles. The molecule has 0 aromatic heterocycles. The van der Waals surface area contributed by atoms with Crippen LogP contribution in [0.1, 0.15) is 41.4 Å². The summed E-state index contributed by atoms with van der Waals surface area (Å²) in [6.07, 6.45) is -5.91. The molecule has 6 amide bonds. The first kappa shape index (κ1) is 53.5. The van der Waals surface area contributed by atoms with Gasteiger partial charge in [0.15, 0.2) is 0 Å². The minimum atomic E-state index is -1.67. The van der Waals surface area contributed by atoms with E-state index in [1.165, 1.54) is 14.1 Å². The zero-order valence-corrected chi connectivity index (χ0v) is 43.1. The van der Waals surface area contributed by atoms with Gasteiger partial charge in [-0.1, -0.05) is 0 Å². The number of nitrogens with zero attached hydrogens (tertiary/aromatic N) is 2. The third-order valence-electron chi connectivity index (χ3n) is 7.81. The number of anilines is 2. The van der Waals surface area contributed by atoms with E-state index in [-0.39, 0.29) is 68.1 Å². The molecule has 0 aliphatic rings. The fourth-order valence-corrected chi connectivity index (χ4v) is 13.5. The molecule has 0 saturated carbocycles. The van der Waals surface area contributed by atoms with Gasteiger partial charge in [0, 0.05) is 47.4 Å². The van der Waals surface area contributed by atoms with Crippen molar-refractivity contribution >= 4 is 182 Å². The summed E-state index contributed by atoms with van der Waals surface area (Å²) in [7, 11) is 2.59. The van der Waals surface area contributed by atoms with Crippen LogP contribution in [0.5, 0.6) is 0 Å². The van der Waals surface area contributed by atoms with Gasteiger partial charge in [-0.05, 0) is 136 Å². The van der Waals surface area contributed by atoms with Crippen molar-refractivity contribution in [3.05, 3.63) is 43.7 Å². The highest BCUT2D eigenvalue weighted by Crippen LogP contribution is 2.38. The van der Waals surface area contributed by atoms with Gasteiger partial charge in [0.1, 0.15) is 13.2 Å². The van der Waals surface area contributed by atoms with Crippen molar-refractivity contribution in [2.75, 3.05) is 77.3 Å². The topological polar surface area (TPSA) is 319 Å². The number of aliphatic hydroxyl groups excluding tert-OH is 8. The van der Waals surface area contributed by atoms with Crippen LogP contribution in [-0.2, 0) is 9.59 Å². The first-order valence-corrected chi connectivity index (χ1v) is 22.8. The van der Waals surface area contributed by atoms with E-state index in [0.717, 1.165) is 9.80 Å². The predicted molar refractivity (Wildman–Crippen MR) is 257 cm³/mol. The van der Waals surface area contributed by atoms with E-state index in [2.05, 4.69) is 21.3 Å². The van der Waals surface area contributed by atoms with Crippen molar-refractivity contribution in [3.63, 3.8) is 0 Å². The second kappa shape index (κ2) is 24.8. The Hall–Kier alpha value is -0.680. The molecule has 0 heterocycles. The number of benzene rings is 2. The molecule has 2 aromatic rings. The number of carbonyl (C=O) groups excluding carboxylic acids is 6. The van der Waals surface area contributed by atoms with Gasteiger partial charge < -0.3 is 71.9 Å². The Labute approximate surface area is 412 Å². The maximum Gasteiger partial charge on any atom is 0.255 e. The molecule has 4 unspecified atom stereocenters. The van der Waals surface area contributed by atoms with E-state index in [1.807, 2.05) is 0 Å². The van der Waals surface area contributed by atoms with Crippen molar-refractivity contribution in [1.82, 2.24) is 20.4 Å². The van der Waals surface area contributed by atoms with Crippen LogP contribution in [0, 0.1) is 21.4 Å². The molecule has 0 aliphatic carbocycles. The fraction of sp³-hybridized carbons (Fsp3) is 0.438. The van der Waals surface area contributed by atoms with Crippen LogP contribution in [0.25, 0.3) is 0 Å². The molecule has 0 fully saturated rings. The standard InChI is InChI=1S/C32H38I6N6O14/c1-43(31(57)19-21(33)17(29(55)39-3-11(49)7-45)23(35)27(25(19)37)41-15(53)9-47)5-13(51)14(52)6-44(2)32(58)20-22(34)18(30(56)40-4-12(50)8-46)24(36)28(26(20)38)42-16(54)10-48/h11-14,45-52H,3-10H2,1-2H3,(H,39,55)(H,40,56)(H,41,53)(H,42,54). The van der Waals surface area contributed by atoms with Crippen molar-refractivity contribution in [3.8, 4) is 0 Å². The first-order chi connectivity index (χ1) is 27.1. The normalized spacial score (nSPS) is 13.2. The number of likely N-dealkylation sites (N-methyl/N-ethyl adjacent to an activating group) is 2. The minimum absolute atomic E-state index is 0.0216. The summed E-state index contributed by atoms with van der Waals surface area (Å²) in [4.78, 5) is 81.0. The number of hydrogen-bond donors (Lipinski definition) is 12. The largest absolute Gasteiger partial charge is 0.394 e. The highest BCUT2D eigenvalue weighted by atomic mass is 127. The molecule has 20 nitrogen and oxygen atoms in total. The lowest BCUT2D eigenvalue weighted by molar-refractivity contribution is -0.119. The molecule has 4 atom stereocenters. The van der Waals surface area contributed by atoms with Crippen LogP contribution < -0.4 is 21.3 Å². The van der Waals surface area contributed by atoms with E-state index in [4.69, 9.17) is 10.2 Å². The number of hydrogen-bond acceptors (Lipinski definition) is 14. The van der Waals surface area contributed by atoms with Crippen molar-refractivity contribution in [2.45, 2.75) is 24.4 Å². The number of halogens is 6. The van der Waals surface area contributed by atoms with Gasteiger partial charge in [0.2, 0.25) is 11.8 Å². The molecular weight excluding hydrogens is 1450 g/mol. The van der Waals surface area contributed by atoms with Gasteiger partial charge in [-0.25, -0.2) is 0 Å². The lowest BCUT2D eigenvalue weighted by atomic mass is 10.1. The highest BCUT2D eigenvalue weighted by Gasteiger charge is 2.34. The molecule has 0 radical (unpaired) electrons. The highest BCUT2D eigenvalue weighted by molar-refractivity contribution is 14.1. The fourth-order valence-electron chi connectivity index (χ4n) is 4.76. The smallest absolute Gasteiger partial charge is 0.255 e. The summed E-state index contributed by atoms with van der Waals surface area (Å²) in [6, 6.07) is 0. The van der Waals surface area contributed by atoms with E-state index in [9.17, 15) is 59.4 Å². The average molecular weight is 1490 g/mol. The molecule has 26 heteroatoms. The SMILES string of the molecule is CN(CC(O)C(O)CN(C)C(=O)c1c(I)c(NC(=O)CO)c(I)c(C(=O)NCC(O)CO)c1I)C(=O)c1c(I)c(NC(=O)CO)c(I)c(C(=O)NCC(O)CO)c1I. The Morgan fingerprint density at radius 2 is 0.810 bits per heavy atom. The maximum atomic E-state index is 14.0. The number of aliphatic hydroxyl groups is 8. The molecule has 12 N–H and O–H groups in total. The molecule has 2 rings (SSSR count). The number of amides is 6. The third kappa shape index (κ3) is 13.7. The predicted octanol–water partition coefficient (Wildman–Crippen LogP) is -1.09. The summed E-state index contributed by atoms with van der Waals surface area (Å²) in [5.74, 6) is -4.73. The molecule has 0 aliphatic heterocycles. The Bertz CT molecular complexity index is 1780. The summed E-state index contributed by atoms with van der Waals surface area (Å²) in [5, 5.41) is 88.6. The lowest BCUT2D eigenvalue weighted by Gasteiger charge is -2.29. The molecule has 0 saturated heterocycles. The van der Waals surface area contributed by atoms with E-state index in [1.54, 1.807) is 136 Å². The number of nitrogens with one attached hydrogen (secondary N) is 4. The monoisotopic (exact) mass is 1490 g/mol. The second-order valence-electron chi connectivity index (χ2n) is 12.1. The van der Waals surface area contributed by atoms with Crippen LogP contribution in [0.4, 0.5) is 11.4 Å². The van der Waals surface area contributed by atoms with Gasteiger partial charge in [-0.15, -0.1) is 0 Å². The summed E-state index contributed by atoms with van der Waals surface area (Å²) >= 11 is 10.6. The van der Waals surface area contributed by atoms with E-state index >= 15 is 0 Å². The number of rotatable bonds is 19. The quantitative estimate of drug-likeness (QED) is 0.0745. The van der Waals surface area contributed by atoms with Gasteiger partial charge in [0.05, 0.1) is 85.5 Å². The Balaban J connectivity index is 2.46. The number of carbonyl (C=O) groups is 6. The summed E-state index contributed by atoms with van der Waals surface area (Å²) < 4.78 is 0.976. The first-order valence-electron chi connectivity index (χ1n) is 16.3. The van der Waals surface area contributed by atoms with Crippen molar-refractivity contribution < 1.29 is 69.6 Å². The summed E-state index contributed by atoms with van der Waals surface area (Å²) in [6.45, 7) is -4.81. The molecule has 0 spiro atoms. The van der Waals surface area contributed by atoms with Crippen molar-refractivity contribution in [1.29, 1.82) is 0 Å². The Morgan fingerprint density at radius 3 is 1.09 bits per heavy atom. The van der Waals surface area contributed by atoms with Gasteiger partial charge in [-0.2, -0.15) is 0 Å². The molecule has 58 heavy (non-hydrogen) atoms. The second-order valence-corrected chi connectivity index (χ2v) is 18.6. The van der Waals surface area contributed by atoms with E-state index < -0.39 is 99.4 Å². The Kier molecular flexibility index (Phi) is 22.9. The minimum Gasteiger partial charge on any atom is -0.394 e.